The lowest BCUT2D eigenvalue weighted by Gasteiger charge is -2.34. The van der Waals surface area contributed by atoms with Crippen molar-refractivity contribution in [2.45, 2.75) is 45.4 Å². The molecular formula is C24H32N2O4. The van der Waals surface area contributed by atoms with Crippen LogP contribution in [0.15, 0.2) is 60.7 Å². The quantitative estimate of drug-likeness (QED) is 0.721. The van der Waals surface area contributed by atoms with Gasteiger partial charge in [-0.05, 0) is 31.9 Å². The number of hydrogen-bond acceptors (Lipinski definition) is 4. The van der Waals surface area contributed by atoms with Gasteiger partial charge in [0.15, 0.2) is 0 Å². The summed E-state index contributed by atoms with van der Waals surface area (Å²) < 4.78 is 5.52. The predicted octanol–water partition coefficient (Wildman–Crippen LogP) is 3.49. The Morgan fingerprint density at radius 3 is 2.00 bits per heavy atom. The molecule has 0 heterocycles. The summed E-state index contributed by atoms with van der Waals surface area (Å²) in [7, 11) is 1.72. The fraction of sp³-hybridized carbons (Fsp3) is 0.417. The summed E-state index contributed by atoms with van der Waals surface area (Å²) >= 11 is 0. The molecule has 2 aromatic rings. The second-order valence-electron chi connectivity index (χ2n) is 8.28. The summed E-state index contributed by atoms with van der Waals surface area (Å²) in [4.78, 5) is 29.3. The van der Waals surface area contributed by atoms with Gasteiger partial charge in [-0.1, -0.05) is 60.7 Å². The minimum atomic E-state index is -0.789. The van der Waals surface area contributed by atoms with Crippen molar-refractivity contribution in [3.63, 3.8) is 0 Å². The summed E-state index contributed by atoms with van der Waals surface area (Å²) in [6, 6.07) is 18.4. The van der Waals surface area contributed by atoms with Crippen LogP contribution in [-0.2, 0) is 22.5 Å². The van der Waals surface area contributed by atoms with Gasteiger partial charge < -0.3 is 14.7 Å². The molecule has 0 radical (unpaired) electrons. The van der Waals surface area contributed by atoms with Crippen LogP contribution in [0.25, 0.3) is 0 Å². The number of likely N-dealkylation sites (N-methyl/N-ethyl adjacent to an activating group) is 1. The second kappa shape index (κ2) is 10.8. The molecule has 0 aliphatic rings. The fourth-order valence-electron chi connectivity index (χ4n) is 3.16. The lowest BCUT2D eigenvalue weighted by atomic mass is 10.0. The monoisotopic (exact) mass is 412 g/mol. The highest BCUT2D eigenvalue weighted by Gasteiger charge is 2.34. The third-order valence-corrected chi connectivity index (χ3v) is 4.54. The Balaban J connectivity index is 2.31. The van der Waals surface area contributed by atoms with Gasteiger partial charge in [0.1, 0.15) is 11.6 Å². The molecule has 2 aromatic carbocycles. The number of carbonyl (C=O) groups is 2. The van der Waals surface area contributed by atoms with E-state index in [1.54, 1.807) is 32.7 Å². The number of carbonyl (C=O) groups excluding carboxylic acids is 2. The molecule has 0 saturated heterocycles. The van der Waals surface area contributed by atoms with Crippen LogP contribution in [0.1, 0.15) is 31.9 Å². The number of aliphatic hydroxyl groups excluding tert-OH is 1. The number of benzene rings is 2. The van der Waals surface area contributed by atoms with E-state index in [2.05, 4.69) is 0 Å². The minimum absolute atomic E-state index is 0.0112. The largest absolute Gasteiger partial charge is 0.444 e. The van der Waals surface area contributed by atoms with Crippen molar-refractivity contribution in [1.29, 1.82) is 0 Å². The van der Waals surface area contributed by atoms with Gasteiger partial charge in [0.25, 0.3) is 0 Å². The van der Waals surface area contributed by atoms with Crippen LogP contribution >= 0.6 is 0 Å². The van der Waals surface area contributed by atoms with Gasteiger partial charge in [-0.3, -0.25) is 9.69 Å². The van der Waals surface area contributed by atoms with Crippen molar-refractivity contribution in [2.75, 3.05) is 20.2 Å². The average Bonchev–Trinajstić information content (AvgIpc) is 2.70. The van der Waals surface area contributed by atoms with Crippen molar-refractivity contribution in [3.8, 4) is 0 Å². The molecule has 0 spiro atoms. The molecule has 2 rings (SSSR count). The van der Waals surface area contributed by atoms with Crippen LogP contribution in [0.5, 0.6) is 0 Å². The first-order valence-corrected chi connectivity index (χ1v) is 10.1. The van der Waals surface area contributed by atoms with Crippen molar-refractivity contribution < 1.29 is 19.4 Å². The van der Waals surface area contributed by atoms with Crippen LogP contribution < -0.4 is 0 Å². The summed E-state index contributed by atoms with van der Waals surface area (Å²) in [6.45, 7) is 5.50. The highest BCUT2D eigenvalue weighted by molar-refractivity contribution is 5.86. The Bertz CT molecular complexity index is 803. The van der Waals surface area contributed by atoms with E-state index in [0.717, 1.165) is 11.1 Å². The number of aliphatic hydroxyl groups is 1. The number of ether oxygens (including phenoxy) is 1. The number of nitrogens with zero attached hydrogens (tertiary/aromatic N) is 2. The molecule has 0 fully saturated rings. The fourth-order valence-corrected chi connectivity index (χ4v) is 3.16. The molecule has 1 atom stereocenters. The third kappa shape index (κ3) is 7.19. The van der Waals surface area contributed by atoms with Gasteiger partial charge >= 0.3 is 6.09 Å². The molecule has 2 amide bonds. The van der Waals surface area contributed by atoms with E-state index in [1.807, 2.05) is 60.7 Å². The summed E-state index contributed by atoms with van der Waals surface area (Å²) in [5.74, 6) is -0.206. The van der Waals surface area contributed by atoms with E-state index in [1.165, 1.54) is 4.90 Å². The molecule has 1 N–H and O–H groups in total. The van der Waals surface area contributed by atoms with Crippen molar-refractivity contribution >= 4 is 12.0 Å². The average molecular weight is 413 g/mol. The third-order valence-electron chi connectivity index (χ3n) is 4.54. The van der Waals surface area contributed by atoms with Crippen LogP contribution in [0.4, 0.5) is 4.79 Å². The number of rotatable bonds is 8. The SMILES string of the molecule is CN(Cc1ccccc1)C(=O)[C@H](Cc1ccccc1)N(CCO)C(=O)OC(C)(C)C. The molecule has 6 heteroatoms. The minimum Gasteiger partial charge on any atom is -0.444 e. The summed E-state index contributed by atoms with van der Waals surface area (Å²) in [5.41, 5.74) is 1.22. The van der Waals surface area contributed by atoms with Crippen LogP contribution in [-0.4, -0.2) is 58.7 Å². The highest BCUT2D eigenvalue weighted by atomic mass is 16.6. The summed E-state index contributed by atoms with van der Waals surface area (Å²) in [6.07, 6.45) is -0.281. The van der Waals surface area contributed by atoms with E-state index >= 15 is 0 Å². The molecule has 0 bridgehead atoms. The lowest BCUT2D eigenvalue weighted by molar-refractivity contribution is -0.136. The first-order valence-electron chi connectivity index (χ1n) is 10.1. The first-order chi connectivity index (χ1) is 14.2. The van der Waals surface area contributed by atoms with Gasteiger partial charge in [-0.2, -0.15) is 0 Å². The maximum absolute atomic E-state index is 13.4. The Labute approximate surface area is 179 Å². The van der Waals surface area contributed by atoms with Crippen LogP contribution in [0, 0.1) is 0 Å². The van der Waals surface area contributed by atoms with E-state index < -0.39 is 17.7 Å². The lowest BCUT2D eigenvalue weighted by Crippen LogP contribution is -2.53. The van der Waals surface area contributed by atoms with Gasteiger partial charge in [0.2, 0.25) is 5.91 Å². The molecule has 0 saturated carbocycles. The van der Waals surface area contributed by atoms with Gasteiger partial charge in [0.05, 0.1) is 6.61 Å². The molecule has 6 nitrogen and oxygen atoms in total. The smallest absolute Gasteiger partial charge is 0.411 e. The second-order valence-corrected chi connectivity index (χ2v) is 8.28. The van der Waals surface area contributed by atoms with Gasteiger partial charge in [0, 0.05) is 26.6 Å². The van der Waals surface area contributed by atoms with Gasteiger partial charge in [-0.25, -0.2) is 4.79 Å². The zero-order valence-corrected chi connectivity index (χ0v) is 18.2. The predicted molar refractivity (Wildman–Crippen MR) is 117 cm³/mol. The Kier molecular flexibility index (Phi) is 8.42. The number of hydrogen-bond donors (Lipinski definition) is 1. The molecule has 0 aromatic heterocycles. The van der Waals surface area contributed by atoms with E-state index in [4.69, 9.17) is 4.74 Å². The Morgan fingerprint density at radius 1 is 0.967 bits per heavy atom. The van der Waals surface area contributed by atoms with Gasteiger partial charge in [-0.15, -0.1) is 0 Å². The Morgan fingerprint density at radius 2 is 1.50 bits per heavy atom. The normalized spacial score (nSPS) is 12.2. The number of amides is 2. The molecule has 30 heavy (non-hydrogen) atoms. The van der Waals surface area contributed by atoms with Crippen LogP contribution in [0.2, 0.25) is 0 Å². The standard InChI is InChI=1S/C24H32N2O4/c1-24(2,3)30-23(29)26(15-16-27)21(17-19-11-7-5-8-12-19)22(28)25(4)18-20-13-9-6-10-14-20/h5-14,21,27H,15-18H2,1-4H3/t21-/m0/s1. The molecule has 162 valence electrons. The van der Waals surface area contributed by atoms with Crippen molar-refractivity contribution in [1.82, 2.24) is 9.80 Å². The maximum atomic E-state index is 13.4. The molecule has 0 unspecified atom stereocenters. The molecule has 0 aliphatic heterocycles. The van der Waals surface area contributed by atoms with Crippen molar-refractivity contribution in [2.24, 2.45) is 0 Å². The maximum Gasteiger partial charge on any atom is 0.411 e. The zero-order valence-electron chi connectivity index (χ0n) is 18.2. The Hall–Kier alpha value is -2.86. The van der Waals surface area contributed by atoms with E-state index in [0.29, 0.717) is 13.0 Å². The topological polar surface area (TPSA) is 70.1 Å². The zero-order chi connectivity index (χ0) is 22.1. The van der Waals surface area contributed by atoms with E-state index in [-0.39, 0.29) is 19.1 Å². The molecular weight excluding hydrogens is 380 g/mol. The van der Waals surface area contributed by atoms with Crippen molar-refractivity contribution in [3.05, 3.63) is 71.8 Å². The summed E-state index contributed by atoms with van der Waals surface area (Å²) in [5, 5.41) is 9.58. The van der Waals surface area contributed by atoms with Crippen LogP contribution in [0.3, 0.4) is 0 Å². The first kappa shape index (κ1) is 23.4. The molecule has 0 aliphatic carbocycles. The highest BCUT2D eigenvalue weighted by Crippen LogP contribution is 2.17. The van der Waals surface area contributed by atoms with E-state index in [9.17, 15) is 14.7 Å².